The van der Waals surface area contributed by atoms with Gasteiger partial charge in [-0.25, -0.2) is 9.97 Å². The van der Waals surface area contributed by atoms with Crippen molar-refractivity contribution >= 4 is 23.3 Å². The van der Waals surface area contributed by atoms with Crippen LogP contribution in [0.1, 0.15) is 32.3 Å². The molecular formula is C14H21ClN4O. The van der Waals surface area contributed by atoms with E-state index in [0.29, 0.717) is 11.1 Å². The number of nitrogens with one attached hydrogen (secondary N) is 1. The lowest BCUT2D eigenvalue weighted by molar-refractivity contribution is -0.119. The van der Waals surface area contributed by atoms with Crippen molar-refractivity contribution < 1.29 is 4.79 Å². The molecule has 0 spiro atoms. The fraction of sp³-hybridized carbons (Fsp3) is 0.643. The van der Waals surface area contributed by atoms with Crippen molar-refractivity contribution in [2.24, 2.45) is 5.92 Å². The van der Waals surface area contributed by atoms with Crippen LogP contribution in [0.15, 0.2) is 6.33 Å². The highest BCUT2D eigenvalue weighted by Crippen LogP contribution is 2.27. The Bertz CT molecular complexity index is 472. The molecule has 0 atom stereocenters. The average Bonchev–Trinajstić information content (AvgIpc) is 2.45. The van der Waals surface area contributed by atoms with Gasteiger partial charge in [0.2, 0.25) is 5.91 Å². The summed E-state index contributed by atoms with van der Waals surface area (Å²) < 4.78 is 0. The second kappa shape index (κ2) is 6.88. The van der Waals surface area contributed by atoms with Crippen LogP contribution in [0.2, 0.25) is 5.15 Å². The predicted octanol–water partition coefficient (Wildman–Crippen LogP) is 2.04. The Hall–Kier alpha value is -1.36. The Kier molecular flexibility index (Phi) is 5.17. The van der Waals surface area contributed by atoms with Crippen molar-refractivity contribution in [1.29, 1.82) is 0 Å². The smallest absolute Gasteiger partial charge is 0.216 e. The van der Waals surface area contributed by atoms with Gasteiger partial charge in [-0.1, -0.05) is 18.5 Å². The first-order valence-electron chi connectivity index (χ1n) is 7.10. The number of piperidine rings is 1. The molecule has 20 heavy (non-hydrogen) atoms. The zero-order valence-corrected chi connectivity index (χ0v) is 12.8. The van der Waals surface area contributed by atoms with E-state index in [9.17, 15) is 4.79 Å². The molecule has 0 saturated carbocycles. The molecule has 0 aliphatic carbocycles. The van der Waals surface area contributed by atoms with Crippen molar-refractivity contribution in [2.45, 2.75) is 33.1 Å². The third-order valence-electron chi connectivity index (χ3n) is 3.78. The van der Waals surface area contributed by atoms with Crippen LogP contribution in [0, 0.1) is 5.92 Å². The Morgan fingerprint density at radius 3 is 2.75 bits per heavy atom. The lowest BCUT2D eigenvalue weighted by Gasteiger charge is -2.33. The van der Waals surface area contributed by atoms with Gasteiger partial charge >= 0.3 is 0 Å². The fourth-order valence-corrected chi connectivity index (χ4v) is 2.86. The molecule has 2 heterocycles. The zero-order chi connectivity index (χ0) is 14.5. The Morgan fingerprint density at radius 2 is 2.15 bits per heavy atom. The molecule has 1 aromatic heterocycles. The molecule has 0 aromatic carbocycles. The van der Waals surface area contributed by atoms with Gasteiger partial charge in [0.1, 0.15) is 17.3 Å². The summed E-state index contributed by atoms with van der Waals surface area (Å²) in [5.74, 6) is 1.56. The zero-order valence-electron chi connectivity index (χ0n) is 12.0. The monoisotopic (exact) mass is 296 g/mol. The summed E-state index contributed by atoms with van der Waals surface area (Å²) in [4.78, 5) is 21.7. The van der Waals surface area contributed by atoms with E-state index >= 15 is 0 Å². The van der Waals surface area contributed by atoms with Gasteiger partial charge in [0.05, 0.1) is 0 Å². The lowest BCUT2D eigenvalue weighted by Crippen LogP contribution is -2.39. The maximum atomic E-state index is 10.9. The summed E-state index contributed by atoms with van der Waals surface area (Å²) in [5, 5.41) is 3.45. The molecule has 1 aliphatic rings. The van der Waals surface area contributed by atoms with Crippen molar-refractivity contribution in [2.75, 3.05) is 24.5 Å². The van der Waals surface area contributed by atoms with Crippen LogP contribution in [-0.2, 0) is 11.2 Å². The molecule has 6 heteroatoms. The maximum Gasteiger partial charge on any atom is 0.216 e. The van der Waals surface area contributed by atoms with E-state index in [1.54, 1.807) is 6.92 Å². The van der Waals surface area contributed by atoms with E-state index in [-0.39, 0.29) is 5.91 Å². The van der Waals surface area contributed by atoms with Gasteiger partial charge < -0.3 is 10.2 Å². The largest absolute Gasteiger partial charge is 0.356 e. The summed E-state index contributed by atoms with van der Waals surface area (Å²) in [7, 11) is 0. The summed E-state index contributed by atoms with van der Waals surface area (Å²) >= 11 is 6.14. The average molecular weight is 297 g/mol. The predicted molar refractivity (Wildman–Crippen MR) is 80.0 cm³/mol. The van der Waals surface area contributed by atoms with E-state index in [1.807, 2.05) is 0 Å². The van der Waals surface area contributed by atoms with Gasteiger partial charge in [-0.05, 0) is 25.2 Å². The van der Waals surface area contributed by atoms with Crippen molar-refractivity contribution in [3.63, 3.8) is 0 Å². The van der Waals surface area contributed by atoms with E-state index in [1.165, 1.54) is 6.33 Å². The molecule has 110 valence electrons. The number of carbonyl (C=O) groups excluding carboxylic acids is 1. The molecule has 0 unspecified atom stereocenters. The van der Waals surface area contributed by atoms with Crippen LogP contribution in [0.4, 0.5) is 5.82 Å². The second-order valence-electron chi connectivity index (χ2n) is 5.19. The van der Waals surface area contributed by atoms with Crippen LogP contribution < -0.4 is 10.2 Å². The topological polar surface area (TPSA) is 58.1 Å². The minimum atomic E-state index is 0.0447. The van der Waals surface area contributed by atoms with Gasteiger partial charge in [-0.2, -0.15) is 0 Å². The fourth-order valence-electron chi connectivity index (χ4n) is 2.60. The van der Waals surface area contributed by atoms with E-state index < -0.39 is 0 Å². The molecule has 1 N–H and O–H groups in total. The normalized spacial score (nSPS) is 16.2. The van der Waals surface area contributed by atoms with Gasteiger partial charge in [-0.15, -0.1) is 0 Å². The Morgan fingerprint density at radius 1 is 1.45 bits per heavy atom. The second-order valence-corrected chi connectivity index (χ2v) is 5.55. The SMILES string of the molecule is CCc1c(Cl)ncnc1N1CCC(CNC(C)=O)CC1. The van der Waals surface area contributed by atoms with Crippen LogP contribution in [0.25, 0.3) is 0 Å². The molecule has 1 aromatic rings. The molecule has 5 nitrogen and oxygen atoms in total. The van der Waals surface area contributed by atoms with Crippen LogP contribution in [0.3, 0.4) is 0 Å². The summed E-state index contributed by atoms with van der Waals surface area (Å²) in [6.45, 7) is 6.30. The van der Waals surface area contributed by atoms with Crippen molar-refractivity contribution in [3.05, 3.63) is 17.0 Å². The minimum Gasteiger partial charge on any atom is -0.356 e. The summed E-state index contributed by atoms with van der Waals surface area (Å²) in [5.41, 5.74) is 1.02. The van der Waals surface area contributed by atoms with Crippen LogP contribution >= 0.6 is 11.6 Å². The highest BCUT2D eigenvalue weighted by Gasteiger charge is 2.22. The third-order valence-corrected chi connectivity index (χ3v) is 4.10. The third kappa shape index (κ3) is 3.60. The van der Waals surface area contributed by atoms with E-state index in [0.717, 1.165) is 50.3 Å². The molecule has 2 rings (SSSR count). The lowest BCUT2D eigenvalue weighted by atomic mass is 9.96. The first kappa shape index (κ1) is 15.0. The van der Waals surface area contributed by atoms with Crippen molar-refractivity contribution in [1.82, 2.24) is 15.3 Å². The molecule has 1 fully saturated rings. The number of halogens is 1. The number of amides is 1. The van der Waals surface area contributed by atoms with Crippen LogP contribution in [0.5, 0.6) is 0 Å². The summed E-state index contributed by atoms with van der Waals surface area (Å²) in [6, 6.07) is 0. The molecule has 0 bridgehead atoms. The standard InChI is InChI=1S/C14H21ClN4O/c1-3-12-13(15)17-9-18-14(12)19-6-4-11(5-7-19)8-16-10(2)20/h9,11H,3-8H2,1-2H3,(H,16,20). The van der Waals surface area contributed by atoms with Gasteiger partial charge in [-0.3, -0.25) is 4.79 Å². The number of carbonyl (C=O) groups is 1. The molecular weight excluding hydrogens is 276 g/mol. The number of hydrogen-bond acceptors (Lipinski definition) is 4. The molecule has 1 amide bonds. The highest BCUT2D eigenvalue weighted by molar-refractivity contribution is 6.30. The quantitative estimate of drug-likeness (QED) is 0.864. The van der Waals surface area contributed by atoms with E-state index in [2.05, 4.69) is 27.1 Å². The van der Waals surface area contributed by atoms with Crippen LogP contribution in [-0.4, -0.2) is 35.5 Å². The number of nitrogens with zero attached hydrogens (tertiary/aromatic N) is 3. The first-order chi connectivity index (χ1) is 9.61. The Labute approximate surface area is 124 Å². The number of aromatic nitrogens is 2. The maximum absolute atomic E-state index is 10.9. The summed E-state index contributed by atoms with van der Waals surface area (Å²) in [6.07, 6.45) is 4.48. The van der Waals surface area contributed by atoms with Crippen molar-refractivity contribution in [3.8, 4) is 0 Å². The minimum absolute atomic E-state index is 0.0447. The highest BCUT2D eigenvalue weighted by atomic mass is 35.5. The number of hydrogen-bond donors (Lipinski definition) is 1. The number of rotatable bonds is 4. The first-order valence-corrected chi connectivity index (χ1v) is 7.48. The number of anilines is 1. The molecule has 1 saturated heterocycles. The molecule has 0 radical (unpaired) electrons. The molecule has 1 aliphatic heterocycles. The van der Waals surface area contributed by atoms with Gasteiger partial charge in [0.15, 0.2) is 0 Å². The van der Waals surface area contributed by atoms with Gasteiger partial charge in [0, 0.05) is 32.1 Å². The Balaban J connectivity index is 1.97. The van der Waals surface area contributed by atoms with Gasteiger partial charge in [0.25, 0.3) is 0 Å². The van der Waals surface area contributed by atoms with E-state index in [4.69, 9.17) is 11.6 Å².